The van der Waals surface area contributed by atoms with Crippen LogP contribution in [0.15, 0.2) is 47.5 Å². The molecule has 124 valence electrons. The zero-order valence-corrected chi connectivity index (χ0v) is 13.6. The van der Waals surface area contributed by atoms with Crippen molar-refractivity contribution in [1.82, 2.24) is 25.2 Å². The number of nitrogens with one attached hydrogen (secondary N) is 1. The van der Waals surface area contributed by atoms with Gasteiger partial charge in [0, 0.05) is 12.5 Å². The van der Waals surface area contributed by atoms with Gasteiger partial charge >= 0.3 is 0 Å². The predicted molar refractivity (Wildman–Crippen MR) is 87.7 cm³/mol. The molecule has 0 saturated carbocycles. The zero-order valence-electron chi connectivity index (χ0n) is 13.6. The molecule has 2 heterocycles. The lowest BCUT2D eigenvalue weighted by Crippen LogP contribution is -2.26. The largest absolute Gasteiger partial charge is 0.361 e. The molecule has 7 heteroatoms. The average Bonchev–Trinajstić information content (AvgIpc) is 3.27. The normalized spacial score (nSPS) is 12.1. The molecule has 1 atom stereocenters. The van der Waals surface area contributed by atoms with E-state index in [1.807, 2.05) is 38.1 Å². The van der Waals surface area contributed by atoms with Crippen molar-refractivity contribution in [2.24, 2.45) is 0 Å². The van der Waals surface area contributed by atoms with E-state index in [-0.39, 0.29) is 11.9 Å². The lowest BCUT2D eigenvalue weighted by molar-refractivity contribution is 0.0930. The first kappa shape index (κ1) is 15.9. The Bertz CT molecular complexity index is 793. The first-order chi connectivity index (χ1) is 11.7. The molecule has 1 amide bonds. The van der Waals surface area contributed by atoms with E-state index in [2.05, 4.69) is 20.6 Å². The Hall–Kier alpha value is -2.96. The topological polar surface area (TPSA) is 85.8 Å². The molecule has 2 aromatic heterocycles. The maximum Gasteiger partial charge on any atom is 0.273 e. The number of amides is 1. The summed E-state index contributed by atoms with van der Waals surface area (Å²) in [6.07, 6.45) is 4.85. The van der Waals surface area contributed by atoms with Crippen LogP contribution in [-0.2, 0) is 6.42 Å². The van der Waals surface area contributed by atoms with Crippen LogP contribution in [0.3, 0.4) is 0 Å². The SMILES string of the molecule is CCCc1cc(C(=O)N[C@H](C)c2ccc(-n3cncn3)cc2)no1. The summed E-state index contributed by atoms with van der Waals surface area (Å²) < 4.78 is 6.82. The summed E-state index contributed by atoms with van der Waals surface area (Å²) in [5.41, 5.74) is 2.21. The maximum atomic E-state index is 12.2. The zero-order chi connectivity index (χ0) is 16.9. The Morgan fingerprint density at radius 3 is 2.79 bits per heavy atom. The molecule has 0 bridgehead atoms. The Morgan fingerprint density at radius 1 is 1.33 bits per heavy atom. The van der Waals surface area contributed by atoms with Gasteiger partial charge in [-0.2, -0.15) is 5.10 Å². The fourth-order valence-electron chi connectivity index (χ4n) is 2.40. The lowest BCUT2D eigenvalue weighted by atomic mass is 10.1. The fraction of sp³-hybridized carbons (Fsp3) is 0.294. The minimum absolute atomic E-state index is 0.145. The first-order valence-corrected chi connectivity index (χ1v) is 7.88. The Morgan fingerprint density at radius 2 is 2.12 bits per heavy atom. The number of hydrogen-bond donors (Lipinski definition) is 1. The van der Waals surface area contributed by atoms with Crippen molar-refractivity contribution >= 4 is 5.91 Å². The van der Waals surface area contributed by atoms with Crippen molar-refractivity contribution in [2.75, 3.05) is 0 Å². The van der Waals surface area contributed by atoms with Crippen molar-refractivity contribution in [3.05, 3.63) is 60.0 Å². The van der Waals surface area contributed by atoms with E-state index < -0.39 is 0 Å². The summed E-state index contributed by atoms with van der Waals surface area (Å²) in [6, 6.07) is 9.32. The van der Waals surface area contributed by atoms with Gasteiger partial charge in [-0.15, -0.1) is 0 Å². The second-order valence-corrected chi connectivity index (χ2v) is 5.56. The summed E-state index contributed by atoms with van der Waals surface area (Å²) in [4.78, 5) is 16.2. The number of aryl methyl sites for hydroxylation is 1. The summed E-state index contributed by atoms with van der Waals surface area (Å²) in [7, 11) is 0. The monoisotopic (exact) mass is 325 g/mol. The molecule has 0 unspecified atom stereocenters. The van der Waals surface area contributed by atoms with E-state index in [0.29, 0.717) is 5.69 Å². The Balaban J connectivity index is 1.65. The van der Waals surface area contributed by atoms with E-state index >= 15 is 0 Å². The third-order valence-corrected chi connectivity index (χ3v) is 3.71. The van der Waals surface area contributed by atoms with Gasteiger partial charge in [0.2, 0.25) is 0 Å². The second kappa shape index (κ2) is 7.08. The predicted octanol–water partition coefficient (Wildman–Crippen LogP) is 2.70. The molecule has 1 aromatic carbocycles. The van der Waals surface area contributed by atoms with Gasteiger partial charge in [-0.3, -0.25) is 4.79 Å². The molecule has 1 N–H and O–H groups in total. The van der Waals surface area contributed by atoms with Crippen LogP contribution in [0.5, 0.6) is 0 Å². The highest BCUT2D eigenvalue weighted by molar-refractivity contribution is 5.92. The van der Waals surface area contributed by atoms with Gasteiger partial charge in [-0.05, 0) is 31.0 Å². The van der Waals surface area contributed by atoms with Gasteiger partial charge in [0.25, 0.3) is 5.91 Å². The van der Waals surface area contributed by atoms with Crippen LogP contribution in [0.2, 0.25) is 0 Å². The third-order valence-electron chi connectivity index (χ3n) is 3.71. The standard InChI is InChI=1S/C17H19N5O2/c1-3-4-15-9-16(21-24-15)17(23)20-12(2)13-5-7-14(8-6-13)22-11-18-10-19-22/h5-12H,3-4H2,1-2H3,(H,20,23)/t12-/m1/s1. The van der Waals surface area contributed by atoms with Crippen LogP contribution in [-0.4, -0.2) is 25.8 Å². The number of hydrogen-bond acceptors (Lipinski definition) is 5. The molecule has 0 radical (unpaired) electrons. The van der Waals surface area contributed by atoms with Crippen molar-refractivity contribution < 1.29 is 9.32 Å². The second-order valence-electron chi connectivity index (χ2n) is 5.56. The Kier molecular flexibility index (Phi) is 4.69. The molecule has 0 aliphatic heterocycles. The molecule has 3 rings (SSSR count). The molecule has 24 heavy (non-hydrogen) atoms. The maximum absolute atomic E-state index is 12.2. The van der Waals surface area contributed by atoms with Gasteiger partial charge < -0.3 is 9.84 Å². The van der Waals surface area contributed by atoms with Crippen LogP contribution in [0.25, 0.3) is 5.69 Å². The summed E-state index contributed by atoms with van der Waals surface area (Å²) in [5.74, 6) is 0.487. The number of carbonyl (C=O) groups is 1. The first-order valence-electron chi connectivity index (χ1n) is 7.88. The van der Waals surface area contributed by atoms with Crippen LogP contribution in [0, 0.1) is 0 Å². The van der Waals surface area contributed by atoms with Gasteiger partial charge in [-0.1, -0.05) is 24.2 Å². The van der Waals surface area contributed by atoms with Gasteiger partial charge in [0.05, 0.1) is 11.7 Å². The average molecular weight is 325 g/mol. The highest BCUT2D eigenvalue weighted by Crippen LogP contribution is 2.16. The van der Waals surface area contributed by atoms with E-state index in [9.17, 15) is 4.79 Å². The van der Waals surface area contributed by atoms with Crippen molar-refractivity contribution in [1.29, 1.82) is 0 Å². The number of rotatable bonds is 6. The lowest BCUT2D eigenvalue weighted by Gasteiger charge is -2.13. The summed E-state index contributed by atoms with van der Waals surface area (Å²) >= 11 is 0. The highest BCUT2D eigenvalue weighted by Gasteiger charge is 2.15. The minimum atomic E-state index is -0.242. The van der Waals surface area contributed by atoms with Crippen LogP contribution >= 0.6 is 0 Å². The molecular weight excluding hydrogens is 306 g/mol. The fourth-order valence-corrected chi connectivity index (χ4v) is 2.40. The van der Waals surface area contributed by atoms with Gasteiger partial charge in [0.1, 0.15) is 18.4 Å². The highest BCUT2D eigenvalue weighted by atomic mass is 16.5. The number of nitrogens with zero attached hydrogens (tertiary/aromatic N) is 4. The third kappa shape index (κ3) is 3.51. The van der Waals surface area contributed by atoms with Gasteiger partial charge in [-0.25, -0.2) is 9.67 Å². The quantitative estimate of drug-likeness (QED) is 0.753. The van der Waals surface area contributed by atoms with Crippen molar-refractivity contribution in [3.63, 3.8) is 0 Å². The number of benzene rings is 1. The number of carbonyl (C=O) groups excluding carboxylic acids is 1. The molecule has 7 nitrogen and oxygen atoms in total. The molecule has 0 fully saturated rings. The number of aromatic nitrogens is 4. The van der Waals surface area contributed by atoms with Crippen molar-refractivity contribution in [3.8, 4) is 5.69 Å². The summed E-state index contributed by atoms with van der Waals surface area (Å²) in [6.45, 7) is 3.97. The smallest absolute Gasteiger partial charge is 0.273 e. The van der Waals surface area contributed by atoms with Crippen LogP contribution in [0.4, 0.5) is 0 Å². The van der Waals surface area contributed by atoms with Gasteiger partial charge in [0.15, 0.2) is 5.69 Å². The van der Waals surface area contributed by atoms with E-state index in [1.54, 1.807) is 17.1 Å². The van der Waals surface area contributed by atoms with Crippen LogP contribution < -0.4 is 5.32 Å². The van der Waals surface area contributed by atoms with E-state index in [0.717, 1.165) is 29.9 Å². The molecule has 0 aliphatic rings. The molecule has 0 spiro atoms. The Labute approximate surface area is 139 Å². The summed E-state index contributed by atoms with van der Waals surface area (Å²) in [5, 5.41) is 10.8. The molecule has 0 aliphatic carbocycles. The van der Waals surface area contributed by atoms with E-state index in [1.165, 1.54) is 6.33 Å². The molecule has 0 saturated heterocycles. The van der Waals surface area contributed by atoms with Crippen molar-refractivity contribution in [2.45, 2.75) is 32.7 Å². The molecular formula is C17H19N5O2. The van der Waals surface area contributed by atoms with E-state index in [4.69, 9.17) is 4.52 Å². The minimum Gasteiger partial charge on any atom is -0.361 e. The van der Waals surface area contributed by atoms with Crippen LogP contribution in [0.1, 0.15) is 48.1 Å². The molecule has 3 aromatic rings.